The molecule has 4 nitrogen and oxygen atoms in total. The maximum atomic E-state index is 12.8. The molecule has 4 aliphatic rings. The summed E-state index contributed by atoms with van der Waals surface area (Å²) in [6, 6.07) is 5.58. The Labute approximate surface area is 143 Å². The molecule has 0 unspecified atom stereocenters. The molecule has 0 spiro atoms. The van der Waals surface area contributed by atoms with Crippen LogP contribution >= 0.6 is 0 Å². The highest BCUT2D eigenvalue weighted by Gasteiger charge is 2.51. The molecule has 0 amide bonds. The Kier molecular flexibility index (Phi) is 4.15. The third-order valence-corrected chi connectivity index (χ3v) is 6.36. The minimum absolute atomic E-state index is 0.00586. The van der Waals surface area contributed by atoms with Crippen molar-refractivity contribution < 1.29 is 19.0 Å². The van der Waals surface area contributed by atoms with Crippen molar-refractivity contribution in [2.24, 2.45) is 29.6 Å². The Morgan fingerprint density at radius 1 is 1.00 bits per heavy atom. The van der Waals surface area contributed by atoms with Crippen LogP contribution in [0.3, 0.4) is 0 Å². The monoisotopic (exact) mass is 330 g/mol. The fourth-order valence-corrected chi connectivity index (χ4v) is 5.55. The van der Waals surface area contributed by atoms with Gasteiger partial charge in [0.05, 0.1) is 20.1 Å². The van der Waals surface area contributed by atoms with Crippen LogP contribution in [-0.4, -0.2) is 20.2 Å². The summed E-state index contributed by atoms with van der Waals surface area (Å²) >= 11 is 0. The molecule has 0 heterocycles. The predicted molar refractivity (Wildman–Crippen MR) is 89.9 cm³/mol. The van der Waals surface area contributed by atoms with Crippen LogP contribution in [0.2, 0.25) is 0 Å². The van der Waals surface area contributed by atoms with Gasteiger partial charge < -0.3 is 14.2 Å². The van der Waals surface area contributed by atoms with Crippen LogP contribution in [0.25, 0.3) is 0 Å². The lowest BCUT2D eigenvalue weighted by molar-refractivity contribution is -0.163. The van der Waals surface area contributed by atoms with Gasteiger partial charge in [-0.25, -0.2) is 0 Å². The topological polar surface area (TPSA) is 44.8 Å². The second kappa shape index (κ2) is 6.30. The highest BCUT2D eigenvalue weighted by molar-refractivity contribution is 5.73. The number of hydrogen-bond acceptors (Lipinski definition) is 4. The predicted octanol–water partition coefficient (Wildman–Crippen LogP) is 3.82. The van der Waals surface area contributed by atoms with Gasteiger partial charge in [-0.05, 0) is 74.0 Å². The van der Waals surface area contributed by atoms with Crippen molar-refractivity contribution in [3.63, 3.8) is 0 Å². The highest BCUT2D eigenvalue weighted by Crippen LogP contribution is 2.56. The van der Waals surface area contributed by atoms with Gasteiger partial charge in [0.15, 0.2) is 0 Å². The smallest absolute Gasteiger partial charge is 0.309 e. The van der Waals surface area contributed by atoms with Crippen LogP contribution in [0.5, 0.6) is 11.5 Å². The number of hydrogen-bond donors (Lipinski definition) is 0. The molecule has 24 heavy (non-hydrogen) atoms. The zero-order valence-corrected chi connectivity index (χ0v) is 14.5. The van der Waals surface area contributed by atoms with E-state index in [-0.39, 0.29) is 18.5 Å². The number of carbonyl (C=O) groups excluding carboxylic acids is 1. The lowest BCUT2D eigenvalue weighted by Crippen LogP contribution is -2.48. The van der Waals surface area contributed by atoms with Gasteiger partial charge in [-0.2, -0.15) is 0 Å². The normalized spacial score (nSPS) is 33.3. The van der Waals surface area contributed by atoms with Gasteiger partial charge in [0.25, 0.3) is 0 Å². The molecule has 4 fully saturated rings. The molecule has 0 radical (unpaired) electrons. The van der Waals surface area contributed by atoms with E-state index in [0.29, 0.717) is 11.8 Å². The summed E-state index contributed by atoms with van der Waals surface area (Å²) in [5.74, 6) is 4.44. The maximum absolute atomic E-state index is 12.8. The van der Waals surface area contributed by atoms with Crippen molar-refractivity contribution in [3.05, 3.63) is 23.8 Å². The molecule has 4 aliphatic carbocycles. The first-order chi connectivity index (χ1) is 11.7. The van der Waals surface area contributed by atoms with E-state index in [1.807, 2.05) is 18.2 Å². The molecular weight excluding hydrogens is 304 g/mol. The quantitative estimate of drug-likeness (QED) is 0.770. The molecule has 1 aromatic carbocycles. The molecule has 4 bridgehead atoms. The van der Waals surface area contributed by atoms with Gasteiger partial charge >= 0.3 is 5.97 Å². The Morgan fingerprint density at radius 3 is 2.25 bits per heavy atom. The molecular formula is C20H26O4. The average Bonchev–Trinajstić information content (AvgIpc) is 2.58. The fraction of sp³-hybridized carbons (Fsp3) is 0.650. The third-order valence-electron chi connectivity index (χ3n) is 6.36. The van der Waals surface area contributed by atoms with Gasteiger partial charge in [0, 0.05) is 5.56 Å². The first-order valence-corrected chi connectivity index (χ1v) is 9.05. The van der Waals surface area contributed by atoms with Crippen molar-refractivity contribution in [2.45, 2.75) is 38.7 Å². The number of rotatable bonds is 5. The van der Waals surface area contributed by atoms with Gasteiger partial charge in [0.1, 0.15) is 18.1 Å². The van der Waals surface area contributed by atoms with E-state index in [0.717, 1.165) is 28.9 Å². The molecule has 5 rings (SSSR count). The van der Waals surface area contributed by atoms with Gasteiger partial charge in [0.2, 0.25) is 0 Å². The second-order valence-electron chi connectivity index (χ2n) is 7.74. The van der Waals surface area contributed by atoms with E-state index in [9.17, 15) is 4.79 Å². The molecule has 130 valence electrons. The van der Waals surface area contributed by atoms with Gasteiger partial charge in [-0.15, -0.1) is 0 Å². The summed E-state index contributed by atoms with van der Waals surface area (Å²) < 4.78 is 16.4. The Bertz CT molecular complexity index is 596. The zero-order valence-electron chi connectivity index (χ0n) is 14.5. The first-order valence-electron chi connectivity index (χ1n) is 9.05. The number of esters is 1. The van der Waals surface area contributed by atoms with Crippen molar-refractivity contribution >= 4 is 5.97 Å². The second-order valence-corrected chi connectivity index (χ2v) is 7.74. The van der Waals surface area contributed by atoms with E-state index < -0.39 is 0 Å². The van der Waals surface area contributed by atoms with Gasteiger partial charge in [-0.3, -0.25) is 4.79 Å². The largest absolute Gasteiger partial charge is 0.497 e. The van der Waals surface area contributed by atoms with Crippen LogP contribution in [0.1, 0.15) is 37.7 Å². The lowest BCUT2D eigenvalue weighted by atomic mass is 9.52. The summed E-state index contributed by atoms with van der Waals surface area (Å²) in [6.07, 6.45) is 6.32. The fourth-order valence-electron chi connectivity index (χ4n) is 5.55. The van der Waals surface area contributed by atoms with Crippen molar-refractivity contribution in [1.82, 2.24) is 0 Å². The SMILES string of the molecule is COc1ccc(OC)c(COC(=O)C2C3CC4CC(C3)CC2C4)c1. The number of benzene rings is 1. The Balaban J connectivity index is 1.44. The summed E-state index contributed by atoms with van der Waals surface area (Å²) in [6.45, 7) is 0.252. The number of methoxy groups -OCH3 is 2. The third kappa shape index (κ3) is 2.76. The highest BCUT2D eigenvalue weighted by atomic mass is 16.5. The van der Waals surface area contributed by atoms with Crippen LogP contribution in [0.15, 0.2) is 18.2 Å². The van der Waals surface area contributed by atoms with Crippen LogP contribution < -0.4 is 9.47 Å². The summed E-state index contributed by atoms with van der Waals surface area (Å²) in [5.41, 5.74) is 0.856. The van der Waals surface area contributed by atoms with E-state index in [2.05, 4.69) is 0 Å². The van der Waals surface area contributed by atoms with Crippen LogP contribution in [-0.2, 0) is 16.1 Å². The zero-order chi connectivity index (χ0) is 16.7. The Morgan fingerprint density at radius 2 is 1.67 bits per heavy atom. The molecule has 0 aliphatic heterocycles. The molecule has 0 N–H and O–H groups in total. The molecule has 0 aromatic heterocycles. The minimum atomic E-state index is -0.00586. The van der Waals surface area contributed by atoms with Crippen molar-refractivity contribution in [3.8, 4) is 11.5 Å². The summed E-state index contributed by atoms with van der Waals surface area (Å²) in [5, 5.41) is 0. The lowest BCUT2D eigenvalue weighted by Gasteiger charge is -2.53. The number of carbonyl (C=O) groups is 1. The molecule has 4 saturated carbocycles. The van der Waals surface area contributed by atoms with Crippen LogP contribution in [0.4, 0.5) is 0 Å². The van der Waals surface area contributed by atoms with Crippen molar-refractivity contribution in [2.75, 3.05) is 14.2 Å². The first kappa shape index (κ1) is 15.8. The average molecular weight is 330 g/mol. The molecule has 1 aromatic rings. The summed E-state index contributed by atoms with van der Waals surface area (Å²) in [4.78, 5) is 12.8. The van der Waals surface area contributed by atoms with Crippen molar-refractivity contribution in [1.29, 1.82) is 0 Å². The van der Waals surface area contributed by atoms with Gasteiger partial charge in [-0.1, -0.05) is 0 Å². The van der Waals surface area contributed by atoms with E-state index in [4.69, 9.17) is 14.2 Å². The van der Waals surface area contributed by atoms with Crippen LogP contribution in [0, 0.1) is 29.6 Å². The minimum Gasteiger partial charge on any atom is -0.497 e. The number of ether oxygens (including phenoxy) is 3. The standard InChI is InChI=1S/C20H26O4/c1-22-17-3-4-18(23-2)16(10-17)11-24-20(21)19-14-6-12-5-13(8-14)9-15(19)7-12/h3-4,10,12-15,19H,5-9,11H2,1-2H3. The molecule has 4 heteroatoms. The van der Waals surface area contributed by atoms with E-state index in [1.54, 1.807) is 14.2 Å². The Hall–Kier alpha value is -1.71. The maximum Gasteiger partial charge on any atom is 0.309 e. The van der Waals surface area contributed by atoms with E-state index >= 15 is 0 Å². The molecule has 0 atom stereocenters. The van der Waals surface area contributed by atoms with E-state index in [1.165, 1.54) is 32.1 Å². The molecule has 0 saturated heterocycles. The summed E-state index contributed by atoms with van der Waals surface area (Å²) in [7, 11) is 3.26.